The van der Waals surface area contributed by atoms with Crippen molar-refractivity contribution in [2.75, 3.05) is 5.32 Å². The van der Waals surface area contributed by atoms with Gasteiger partial charge in [0.15, 0.2) is 5.82 Å². The monoisotopic (exact) mass is 409 g/mol. The summed E-state index contributed by atoms with van der Waals surface area (Å²) in [6.07, 6.45) is 3.11. The molecule has 3 atom stereocenters. The lowest BCUT2D eigenvalue weighted by atomic mass is 9.79. The maximum atomic E-state index is 12.6. The van der Waals surface area contributed by atoms with Gasteiger partial charge in [-0.3, -0.25) is 14.3 Å². The van der Waals surface area contributed by atoms with E-state index in [2.05, 4.69) is 16.5 Å². The van der Waals surface area contributed by atoms with Gasteiger partial charge in [0, 0.05) is 11.9 Å². The Morgan fingerprint density at radius 1 is 1.27 bits per heavy atom. The van der Waals surface area contributed by atoms with Crippen molar-refractivity contribution in [1.29, 1.82) is 5.26 Å². The number of para-hydroxylation sites is 1. The first-order valence-electron chi connectivity index (χ1n) is 10.0. The van der Waals surface area contributed by atoms with E-state index in [1.54, 1.807) is 10.9 Å². The number of amides is 1. The SMILES string of the molecule is CC(C)(C)OC(=O)C1CC[C@H](C#N)[C@@H](n2cc(C(N)=O)c(Nc3ccccc3)n2)C1. The number of aromatic nitrogens is 2. The molecular weight excluding hydrogens is 382 g/mol. The summed E-state index contributed by atoms with van der Waals surface area (Å²) in [6.45, 7) is 5.49. The molecule has 0 aliphatic heterocycles. The normalized spacial score (nSPS) is 21.5. The molecule has 1 aliphatic carbocycles. The zero-order valence-corrected chi connectivity index (χ0v) is 17.5. The molecule has 2 aromatic rings. The van der Waals surface area contributed by atoms with Crippen LogP contribution in [0, 0.1) is 23.2 Å². The smallest absolute Gasteiger partial charge is 0.309 e. The first-order valence-corrected chi connectivity index (χ1v) is 10.0. The predicted octanol–water partition coefficient (Wildman–Crippen LogP) is 3.55. The molecule has 1 heterocycles. The van der Waals surface area contributed by atoms with Crippen molar-refractivity contribution in [3.63, 3.8) is 0 Å². The minimum absolute atomic E-state index is 0.231. The van der Waals surface area contributed by atoms with Gasteiger partial charge in [0.2, 0.25) is 0 Å². The Hall–Kier alpha value is -3.34. The van der Waals surface area contributed by atoms with Crippen molar-refractivity contribution >= 4 is 23.4 Å². The van der Waals surface area contributed by atoms with Crippen LogP contribution in [0.15, 0.2) is 36.5 Å². The molecule has 0 radical (unpaired) electrons. The van der Waals surface area contributed by atoms with Gasteiger partial charge in [-0.1, -0.05) is 18.2 Å². The van der Waals surface area contributed by atoms with Crippen molar-refractivity contribution in [3.05, 3.63) is 42.1 Å². The van der Waals surface area contributed by atoms with E-state index in [0.29, 0.717) is 25.1 Å². The van der Waals surface area contributed by atoms with Crippen molar-refractivity contribution in [2.45, 2.75) is 51.7 Å². The fraction of sp³-hybridized carbons (Fsp3) is 0.455. The fourth-order valence-electron chi connectivity index (χ4n) is 3.68. The van der Waals surface area contributed by atoms with Crippen molar-refractivity contribution < 1.29 is 14.3 Å². The third-order valence-electron chi connectivity index (χ3n) is 5.10. The largest absolute Gasteiger partial charge is 0.460 e. The summed E-state index contributed by atoms with van der Waals surface area (Å²) in [5.74, 6) is -1.22. The summed E-state index contributed by atoms with van der Waals surface area (Å²) < 4.78 is 7.13. The molecule has 1 aromatic carbocycles. The van der Waals surface area contributed by atoms with Crippen LogP contribution in [0.5, 0.6) is 0 Å². The van der Waals surface area contributed by atoms with Crippen molar-refractivity contribution in [1.82, 2.24) is 9.78 Å². The third kappa shape index (κ3) is 4.98. The van der Waals surface area contributed by atoms with Gasteiger partial charge in [0.25, 0.3) is 5.91 Å². The van der Waals surface area contributed by atoms with Gasteiger partial charge < -0.3 is 15.8 Å². The molecule has 158 valence electrons. The van der Waals surface area contributed by atoms with E-state index >= 15 is 0 Å². The number of nitrogens with one attached hydrogen (secondary N) is 1. The Labute approximate surface area is 176 Å². The lowest BCUT2D eigenvalue weighted by Gasteiger charge is -2.33. The molecule has 0 saturated heterocycles. The van der Waals surface area contributed by atoms with Gasteiger partial charge in [0.05, 0.1) is 23.9 Å². The number of nitrogens with zero attached hydrogens (tertiary/aromatic N) is 3. The molecular formula is C22H27N5O3. The van der Waals surface area contributed by atoms with Gasteiger partial charge in [-0.2, -0.15) is 10.4 Å². The minimum atomic E-state index is -0.618. The number of carbonyl (C=O) groups is 2. The number of hydrogen-bond donors (Lipinski definition) is 2. The number of anilines is 2. The summed E-state index contributed by atoms with van der Waals surface area (Å²) in [5, 5.41) is 17.3. The highest BCUT2D eigenvalue weighted by atomic mass is 16.6. The van der Waals surface area contributed by atoms with E-state index in [0.717, 1.165) is 5.69 Å². The number of esters is 1. The summed E-state index contributed by atoms with van der Waals surface area (Å²) in [7, 11) is 0. The number of ether oxygens (including phenoxy) is 1. The minimum Gasteiger partial charge on any atom is -0.460 e. The van der Waals surface area contributed by atoms with Gasteiger partial charge in [-0.15, -0.1) is 0 Å². The standard InChI is InChI=1S/C22H27N5O3/c1-22(2,3)30-21(29)14-9-10-15(12-23)18(11-14)27-13-17(19(24)28)20(26-27)25-16-7-5-4-6-8-16/h4-8,13-15,18H,9-11H2,1-3H3,(H2,24,28)(H,25,26)/t14?,15-,18+/m1/s1. The summed E-state index contributed by atoms with van der Waals surface area (Å²) in [6, 6.07) is 11.3. The van der Waals surface area contributed by atoms with Gasteiger partial charge in [-0.05, 0) is 52.2 Å². The lowest BCUT2D eigenvalue weighted by molar-refractivity contribution is -0.161. The molecule has 1 aromatic heterocycles. The fourth-order valence-corrected chi connectivity index (χ4v) is 3.68. The third-order valence-corrected chi connectivity index (χ3v) is 5.10. The molecule has 1 saturated carbocycles. The zero-order chi connectivity index (χ0) is 21.9. The Morgan fingerprint density at radius 3 is 2.57 bits per heavy atom. The average molecular weight is 409 g/mol. The predicted molar refractivity (Wildman–Crippen MR) is 112 cm³/mol. The van der Waals surface area contributed by atoms with Crippen molar-refractivity contribution in [3.8, 4) is 6.07 Å². The highest BCUT2D eigenvalue weighted by Gasteiger charge is 2.38. The topological polar surface area (TPSA) is 123 Å². The van der Waals surface area contributed by atoms with E-state index < -0.39 is 11.5 Å². The van der Waals surface area contributed by atoms with Crippen LogP contribution in [-0.2, 0) is 9.53 Å². The number of nitriles is 1. The second kappa shape index (κ2) is 8.57. The van der Waals surface area contributed by atoms with E-state index in [4.69, 9.17) is 10.5 Å². The van der Waals surface area contributed by atoms with E-state index in [1.165, 1.54) is 0 Å². The van der Waals surface area contributed by atoms with E-state index in [9.17, 15) is 14.9 Å². The molecule has 0 spiro atoms. The van der Waals surface area contributed by atoms with E-state index in [1.807, 2.05) is 51.1 Å². The van der Waals surface area contributed by atoms with Crippen LogP contribution in [-0.4, -0.2) is 27.3 Å². The van der Waals surface area contributed by atoms with Crippen LogP contribution >= 0.6 is 0 Å². The van der Waals surface area contributed by atoms with Crippen LogP contribution in [0.4, 0.5) is 11.5 Å². The molecule has 8 nitrogen and oxygen atoms in total. The Balaban J connectivity index is 1.88. The molecule has 3 N–H and O–H groups in total. The van der Waals surface area contributed by atoms with Crippen molar-refractivity contribution in [2.24, 2.45) is 17.6 Å². The van der Waals surface area contributed by atoms with Crippen LogP contribution in [0.2, 0.25) is 0 Å². The zero-order valence-electron chi connectivity index (χ0n) is 17.5. The molecule has 1 fully saturated rings. The number of hydrogen-bond acceptors (Lipinski definition) is 6. The van der Waals surface area contributed by atoms with Gasteiger partial charge in [-0.25, -0.2) is 0 Å². The highest BCUT2D eigenvalue weighted by molar-refractivity contribution is 5.98. The Morgan fingerprint density at radius 2 is 1.97 bits per heavy atom. The van der Waals surface area contributed by atoms with Crippen LogP contribution < -0.4 is 11.1 Å². The highest BCUT2D eigenvalue weighted by Crippen LogP contribution is 2.38. The lowest BCUT2D eigenvalue weighted by Crippen LogP contribution is -2.35. The summed E-state index contributed by atoms with van der Waals surface area (Å²) >= 11 is 0. The molecule has 1 aliphatic rings. The first kappa shape index (κ1) is 21.4. The second-order valence-corrected chi connectivity index (χ2v) is 8.57. The molecule has 1 unspecified atom stereocenters. The second-order valence-electron chi connectivity index (χ2n) is 8.57. The summed E-state index contributed by atoms with van der Waals surface area (Å²) in [4.78, 5) is 24.6. The maximum Gasteiger partial charge on any atom is 0.309 e. The quantitative estimate of drug-likeness (QED) is 0.728. The van der Waals surface area contributed by atoms with Gasteiger partial charge >= 0.3 is 5.97 Å². The average Bonchev–Trinajstić information content (AvgIpc) is 3.11. The van der Waals surface area contributed by atoms with Gasteiger partial charge in [0.1, 0.15) is 11.2 Å². The molecule has 1 amide bonds. The van der Waals surface area contributed by atoms with Crippen LogP contribution in [0.1, 0.15) is 56.4 Å². The maximum absolute atomic E-state index is 12.6. The first-order chi connectivity index (χ1) is 14.2. The number of rotatable bonds is 5. The van der Waals surface area contributed by atoms with Crippen LogP contribution in [0.3, 0.4) is 0 Å². The Kier molecular flexibility index (Phi) is 6.11. The summed E-state index contributed by atoms with van der Waals surface area (Å²) in [5.41, 5.74) is 5.97. The molecule has 8 heteroatoms. The molecule has 0 bridgehead atoms. The van der Waals surface area contributed by atoms with Crippen LogP contribution in [0.25, 0.3) is 0 Å². The number of carbonyl (C=O) groups excluding carboxylic acids is 2. The molecule has 3 rings (SSSR count). The Bertz CT molecular complexity index is 955. The molecule has 30 heavy (non-hydrogen) atoms. The number of benzene rings is 1. The number of nitrogens with two attached hydrogens (primary N) is 1. The van der Waals surface area contributed by atoms with E-state index in [-0.39, 0.29) is 29.4 Å². The number of primary amides is 1.